The minimum atomic E-state index is -0.213. The number of hydrogen-bond donors (Lipinski definition) is 2. The molecule has 5 nitrogen and oxygen atoms in total. The number of nitrogens with one attached hydrogen (secondary N) is 2. The van der Waals surface area contributed by atoms with E-state index in [1.165, 1.54) is 18.7 Å². The van der Waals surface area contributed by atoms with Crippen LogP contribution in [0, 0.1) is 13.8 Å². The molecule has 2 N–H and O–H groups in total. The van der Waals surface area contributed by atoms with E-state index >= 15 is 0 Å². The molecule has 0 aromatic heterocycles. The van der Waals surface area contributed by atoms with Gasteiger partial charge < -0.3 is 10.6 Å². The van der Waals surface area contributed by atoms with Crippen molar-refractivity contribution in [3.8, 4) is 0 Å². The van der Waals surface area contributed by atoms with Gasteiger partial charge in [-0.1, -0.05) is 29.8 Å². The standard InChI is InChI=1S/C20H22N2O3S/c1-13-7-8-18(14(2)9-13)22-20(25)12-26-11-19(24)21-17-6-4-5-16(10-17)15(3)23/h4-10H,11-12H2,1-3H3,(H,21,24)(H,22,25). The van der Waals surface area contributed by atoms with Crippen molar-refractivity contribution >= 4 is 40.7 Å². The number of amides is 2. The van der Waals surface area contributed by atoms with Crippen molar-refractivity contribution < 1.29 is 14.4 Å². The van der Waals surface area contributed by atoms with Gasteiger partial charge in [0.05, 0.1) is 11.5 Å². The van der Waals surface area contributed by atoms with E-state index in [0.29, 0.717) is 11.3 Å². The number of benzene rings is 2. The Balaban J connectivity index is 1.78. The number of ketones is 1. The first-order chi connectivity index (χ1) is 12.3. The van der Waals surface area contributed by atoms with Gasteiger partial charge in [0.15, 0.2) is 5.78 Å². The number of rotatable bonds is 7. The van der Waals surface area contributed by atoms with Crippen molar-refractivity contribution in [2.24, 2.45) is 0 Å². The number of carbonyl (C=O) groups excluding carboxylic acids is 3. The van der Waals surface area contributed by atoms with Crippen LogP contribution in [0.1, 0.15) is 28.4 Å². The van der Waals surface area contributed by atoms with Crippen LogP contribution in [0.25, 0.3) is 0 Å². The van der Waals surface area contributed by atoms with Gasteiger partial charge in [0.1, 0.15) is 0 Å². The summed E-state index contributed by atoms with van der Waals surface area (Å²) in [4.78, 5) is 35.3. The molecule has 0 aliphatic heterocycles. The Labute approximate surface area is 157 Å². The largest absolute Gasteiger partial charge is 0.325 e. The molecule has 0 heterocycles. The highest BCUT2D eigenvalue weighted by molar-refractivity contribution is 8.00. The summed E-state index contributed by atoms with van der Waals surface area (Å²) < 4.78 is 0. The van der Waals surface area contributed by atoms with Gasteiger partial charge >= 0.3 is 0 Å². The maximum absolute atomic E-state index is 12.0. The highest BCUT2D eigenvalue weighted by Gasteiger charge is 2.09. The third kappa shape index (κ3) is 6.04. The van der Waals surface area contributed by atoms with E-state index in [1.807, 2.05) is 32.0 Å². The van der Waals surface area contributed by atoms with Crippen LogP contribution in [0.4, 0.5) is 11.4 Å². The summed E-state index contributed by atoms with van der Waals surface area (Å²) in [6.45, 7) is 5.42. The SMILES string of the molecule is CC(=O)c1cccc(NC(=O)CSCC(=O)Nc2ccc(C)cc2C)c1. The number of carbonyl (C=O) groups is 3. The number of Topliss-reactive ketones (excluding diaryl/α,β-unsaturated/α-hetero) is 1. The molecule has 6 heteroatoms. The van der Waals surface area contributed by atoms with Gasteiger partial charge in [-0.05, 0) is 44.5 Å². The van der Waals surface area contributed by atoms with Crippen molar-refractivity contribution in [3.63, 3.8) is 0 Å². The van der Waals surface area contributed by atoms with Crippen LogP contribution in [0.15, 0.2) is 42.5 Å². The molecule has 0 radical (unpaired) electrons. The van der Waals surface area contributed by atoms with Crippen LogP contribution in [-0.2, 0) is 9.59 Å². The summed E-state index contributed by atoms with van der Waals surface area (Å²) in [6.07, 6.45) is 0. The first-order valence-corrected chi connectivity index (χ1v) is 9.36. The molecule has 2 amide bonds. The molecule has 2 aromatic carbocycles. The second-order valence-electron chi connectivity index (χ2n) is 6.04. The second kappa shape index (κ2) is 9.20. The van der Waals surface area contributed by atoms with E-state index in [-0.39, 0.29) is 29.1 Å². The van der Waals surface area contributed by atoms with Crippen LogP contribution in [0.3, 0.4) is 0 Å². The first kappa shape index (κ1) is 19.7. The molecule has 0 bridgehead atoms. The molecule has 0 saturated heterocycles. The summed E-state index contributed by atoms with van der Waals surface area (Å²) in [5.41, 5.74) is 4.05. The average Bonchev–Trinajstić information content (AvgIpc) is 2.57. The van der Waals surface area contributed by atoms with E-state index < -0.39 is 0 Å². The lowest BCUT2D eigenvalue weighted by Crippen LogP contribution is -2.19. The van der Waals surface area contributed by atoms with Crippen molar-refractivity contribution in [1.29, 1.82) is 0 Å². The van der Waals surface area contributed by atoms with Gasteiger partial charge in [-0.3, -0.25) is 14.4 Å². The summed E-state index contributed by atoms with van der Waals surface area (Å²) in [5.74, 6) is -0.0689. The molecule has 0 fully saturated rings. The summed E-state index contributed by atoms with van der Waals surface area (Å²) >= 11 is 1.24. The topological polar surface area (TPSA) is 75.3 Å². The Bertz CT molecular complexity index is 834. The molecule has 0 unspecified atom stereocenters. The van der Waals surface area contributed by atoms with E-state index in [1.54, 1.807) is 24.3 Å². The Kier molecular flexibility index (Phi) is 6.97. The summed E-state index contributed by atoms with van der Waals surface area (Å²) in [5, 5.41) is 5.58. The highest BCUT2D eigenvalue weighted by Crippen LogP contribution is 2.17. The number of thioether (sulfide) groups is 1. The number of aryl methyl sites for hydroxylation is 2. The average molecular weight is 370 g/mol. The Morgan fingerprint density at radius 1 is 0.923 bits per heavy atom. The van der Waals surface area contributed by atoms with E-state index in [9.17, 15) is 14.4 Å². The molecule has 136 valence electrons. The lowest BCUT2D eigenvalue weighted by molar-refractivity contribution is -0.114. The Hall–Kier alpha value is -2.60. The number of anilines is 2. The minimum absolute atomic E-state index is 0.0569. The van der Waals surface area contributed by atoms with Gasteiger partial charge in [-0.2, -0.15) is 0 Å². The zero-order valence-corrected chi connectivity index (χ0v) is 15.9. The van der Waals surface area contributed by atoms with E-state index in [4.69, 9.17) is 0 Å². The fourth-order valence-corrected chi connectivity index (χ4v) is 3.01. The zero-order valence-electron chi connectivity index (χ0n) is 15.1. The minimum Gasteiger partial charge on any atom is -0.325 e. The van der Waals surface area contributed by atoms with Crippen molar-refractivity contribution in [3.05, 3.63) is 59.2 Å². The quantitative estimate of drug-likeness (QED) is 0.727. The molecular weight excluding hydrogens is 348 g/mol. The van der Waals surface area contributed by atoms with E-state index in [2.05, 4.69) is 10.6 Å². The lowest BCUT2D eigenvalue weighted by atomic mass is 10.1. The Morgan fingerprint density at radius 2 is 1.62 bits per heavy atom. The number of hydrogen-bond acceptors (Lipinski definition) is 4. The first-order valence-electron chi connectivity index (χ1n) is 8.21. The summed E-state index contributed by atoms with van der Waals surface area (Å²) in [6, 6.07) is 12.6. The normalized spacial score (nSPS) is 10.3. The fourth-order valence-electron chi connectivity index (χ4n) is 2.39. The van der Waals surface area contributed by atoms with Crippen LogP contribution < -0.4 is 10.6 Å². The molecule has 2 rings (SSSR count). The highest BCUT2D eigenvalue weighted by atomic mass is 32.2. The maximum atomic E-state index is 12.0. The van der Waals surface area contributed by atoms with Crippen LogP contribution in [0.5, 0.6) is 0 Å². The predicted octanol–water partition coefficient (Wildman–Crippen LogP) is 3.82. The lowest BCUT2D eigenvalue weighted by Gasteiger charge is -2.09. The fraction of sp³-hybridized carbons (Fsp3) is 0.250. The molecular formula is C20H22N2O3S. The summed E-state index contributed by atoms with van der Waals surface area (Å²) in [7, 11) is 0. The van der Waals surface area contributed by atoms with Gasteiger partial charge in [-0.25, -0.2) is 0 Å². The second-order valence-corrected chi connectivity index (χ2v) is 7.03. The zero-order chi connectivity index (χ0) is 19.1. The van der Waals surface area contributed by atoms with Crippen LogP contribution >= 0.6 is 11.8 Å². The van der Waals surface area contributed by atoms with Crippen molar-refractivity contribution in [2.75, 3.05) is 22.1 Å². The van der Waals surface area contributed by atoms with Crippen LogP contribution in [-0.4, -0.2) is 29.1 Å². The third-order valence-corrected chi connectivity index (χ3v) is 4.61. The molecule has 2 aromatic rings. The van der Waals surface area contributed by atoms with Crippen LogP contribution in [0.2, 0.25) is 0 Å². The van der Waals surface area contributed by atoms with Gasteiger partial charge in [0, 0.05) is 16.9 Å². The maximum Gasteiger partial charge on any atom is 0.234 e. The molecule has 0 atom stereocenters. The molecule has 0 aliphatic carbocycles. The molecule has 0 aliphatic rings. The van der Waals surface area contributed by atoms with Gasteiger partial charge in [0.2, 0.25) is 11.8 Å². The van der Waals surface area contributed by atoms with Gasteiger partial charge in [0.25, 0.3) is 0 Å². The monoisotopic (exact) mass is 370 g/mol. The smallest absolute Gasteiger partial charge is 0.234 e. The van der Waals surface area contributed by atoms with E-state index in [0.717, 1.165) is 16.8 Å². The van der Waals surface area contributed by atoms with Crippen molar-refractivity contribution in [1.82, 2.24) is 0 Å². The van der Waals surface area contributed by atoms with Crippen molar-refractivity contribution in [2.45, 2.75) is 20.8 Å². The predicted molar refractivity (Wildman–Crippen MR) is 107 cm³/mol. The molecule has 26 heavy (non-hydrogen) atoms. The Morgan fingerprint density at radius 3 is 2.27 bits per heavy atom. The molecule has 0 spiro atoms. The molecule has 0 saturated carbocycles. The third-order valence-electron chi connectivity index (χ3n) is 3.68. The van der Waals surface area contributed by atoms with Gasteiger partial charge in [-0.15, -0.1) is 11.8 Å².